The Morgan fingerprint density at radius 1 is 0.762 bits per heavy atom. The highest BCUT2D eigenvalue weighted by atomic mass is 32.1. The third-order valence-electron chi connectivity index (χ3n) is 12.9. The van der Waals surface area contributed by atoms with Gasteiger partial charge < -0.3 is 64.3 Å². The lowest BCUT2D eigenvalue weighted by atomic mass is 9.85. The molecule has 0 aliphatic carbocycles. The molecular formula is C57H73N11O11S. The Hall–Kier alpha value is -7.25. The van der Waals surface area contributed by atoms with E-state index in [9.17, 15) is 24.3 Å². The molecule has 6 aromatic rings. The molecule has 428 valence electrons. The third kappa shape index (κ3) is 18.7. The molecule has 23 heteroatoms. The summed E-state index contributed by atoms with van der Waals surface area (Å²) in [5, 5.41) is 31.2. The lowest BCUT2D eigenvalue weighted by Gasteiger charge is -2.35. The summed E-state index contributed by atoms with van der Waals surface area (Å²) in [7, 11) is 1.87. The Morgan fingerprint density at radius 2 is 1.44 bits per heavy atom. The van der Waals surface area contributed by atoms with Crippen molar-refractivity contribution < 1.29 is 52.7 Å². The molecule has 3 atom stereocenters. The zero-order valence-corrected chi connectivity index (χ0v) is 46.9. The molecule has 80 heavy (non-hydrogen) atoms. The fourth-order valence-electron chi connectivity index (χ4n) is 8.52. The quantitative estimate of drug-likeness (QED) is 0.0352. The van der Waals surface area contributed by atoms with Gasteiger partial charge in [-0.3, -0.25) is 19.2 Å². The average Bonchev–Trinajstić information content (AvgIpc) is 4.20. The Morgan fingerprint density at radius 3 is 2.10 bits per heavy atom. The number of aliphatic hydroxyl groups is 1. The van der Waals surface area contributed by atoms with E-state index in [2.05, 4.69) is 46.4 Å². The minimum Gasteiger partial charge on any atom is -0.491 e. The maximum Gasteiger partial charge on any atom is 0.251 e. The second-order valence-electron chi connectivity index (χ2n) is 20.0. The van der Waals surface area contributed by atoms with Crippen LogP contribution in [0.4, 0.5) is 5.69 Å². The van der Waals surface area contributed by atoms with Crippen molar-refractivity contribution in [1.82, 2.24) is 50.6 Å². The largest absolute Gasteiger partial charge is 0.491 e. The first kappa shape index (κ1) is 60.4. The van der Waals surface area contributed by atoms with Crippen LogP contribution in [0, 0.1) is 12.3 Å². The lowest BCUT2D eigenvalue weighted by molar-refractivity contribution is -0.144. The predicted octanol–water partition coefficient (Wildman–Crippen LogP) is 4.91. The van der Waals surface area contributed by atoms with Crippen LogP contribution in [0.5, 0.6) is 5.75 Å². The lowest BCUT2D eigenvalue weighted by Crippen LogP contribution is -2.57. The number of anilines is 1. The summed E-state index contributed by atoms with van der Waals surface area (Å²) in [6.07, 6.45) is 2.38. The molecule has 1 saturated heterocycles. The highest BCUT2D eigenvalue weighted by Gasteiger charge is 2.44. The zero-order valence-electron chi connectivity index (χ0n) is 46.1. The van der Waals surface area contributed by atoms with Gasteiger partial charge in [0, 0.05) is 57.0 Å². The van der Waals surface area contributed by atoms with Crippen molar-refractivity contribution in [2.75, 3.05) is 84.5 Å². The van der Waals surface area contributed by atoms with E-state index < -0.39 is 29.5 Å². The number of nitrogens with zero attached hydrogens (tertiary/aromatic N) is 7. The summed E-state index contributed by atoms with van der Waals surface area (Å²) >= 11 is 1.57. The van der Waals surface area contributed by atoms with E-state index in [0.717, 1.165) is 32.9 Å². The Bertz CT molecular complexity index is 2900. The van der Waals surface area contributed by atoms with Crippen LogP contribution in [0.3, 0.4) is 0 Å². The van der Waals surface area contributed by atoms with Gasteiger partial charge in [-0.25, -0.2) is 15.0 Å². The number of rotatable bonds is 32. The summed E-state index contributed by atoms with van der Waals surface area (Å²) in [4.78, 5) is 68.5. The average molecular weight is 1120 g/mol. The second kappa shape index (κ2) is 30.9. The molecule has 1 fully saturated rings. The molecule has 5 N–H and O–H groups in total. The number of carbonyl (C=O) groups is 4. The first-order chi connectivity index (χ1) is 38.7. The van der Waals surface area contributed by atoms with E-state index in [-0.39, 0.29) is 56.9 Å². The molecule has 4 amide bonds. The van der Waals surface area contributed by atoms with E-state index >= 15 is 0 Å². The van der Waals surface area contributed by atoms with Crippen LogP contribution in [-0.4, -0.2) is 161 Å². The molecule has 0 bridgehead atoms. The number of nitrogens with one attached hydrogen (secondary N) is 4. The van der Waals surface area contributed by atoms with Gasteiger partial charge in [0.2, 0.25) is 17.7 Å². The summed E-state index contributed by atoms with van der Waals surface area (Å²) in [5.41, 5.74) is 6.89. The fraction of sp³-hybridized carbons (Fsp3) is 0.456. The molecule has 1 aliphatic rings. The van der Waals surface area contributed by atoms with E-state index in [4.69, 9.17) is 28.4 Å². The van der Waals surface area contributed by atoms with Gasteiger partial charge in [-0.15, -0.1) is 21.5 Å². The number of ether oxygens (including phenoxy) is 6. The van der Waals surface area contributed by atoms with Crippen molar-refractivity contribution >= 4 is 40.7 Å². The molecule has 22 nitrogen and oxygen atoms in total. The van der Waals surface area contributed by atoms with Crippen LogP contribution in [0.25, 0.3) is 22.0 Å². The smallest absolute Gasteiger partial charge is 0.251 e. The van der Waals surface area contributed by atoms with E-state index in [1.807, 2.05) is 105 Å². The fourth-order valence-corrected chi connectivity index (χ4v) is 9.33. The molecule has 3 aromatic carbocycles. The Balaban J connectivity index is 0.668. The van der Waals surface area contributed by atoms with Crippen molar-refractivity contribution in [3.8, 4) is 27.7 Å². The molecule has 3 aromatic heterocycles. The van der Waals surface area contributed by atoms with Gasteiger partial charge in [-0.2, -0.15) is 0 Å². The SMILES string of the molecule is Cc1ncsc1-c1ccc(CNC(=O)[C@@H]2C[C@@H](O)CN2C(=O)[C@@H](NC(=O)CCOCCOCCOCCOCCOCCOc2cccc(CNC(=O)c3cccc(NCc4nnc(-c5ccncn5)n4C)c3)c2)C(C)(C)C)cc1. The van der Waals surface area contributed by atoms with Crippen molar-refractivity contribution in [3.05, 3.63) is 125 Å². The minimum atomic E-state index is -0.934. The Labute approximate surface area is 470 Å². The number of thiazole rings is 1. The highest BCUT2D eigenvalue weighted by Crippen LogP contribution is 2.29. The van der Waals surface area contributed by atoms with Gasteiger partial charge >= 0.3 is 0 Å². The molecule has 1 aliphatic heterocycles. The minimum absolute atomic E-state index is 0.00931. The summed E-state index contributed by atoms with van der Waals surface area (Å²) < 4.78 is 35.7. The molecule has 0 spiro atoms. The first-order valence-corrected chi connectivity index (χ1v) is 27.5. The van der Waals surface area contributed by atoms with Gasteiger partial charge in [0.05, 0.1) is 94.8 Å². The number of amides is 4. The number of hydrogen-bond acceptors (Lipinski definition) is 18. The number of β-amino-alcohol motifs (C(OH)–C–C–N with tert-alkyl or cyclic N) is 1. The third-order valence-corrected chi connectivity index (χ3v) is 13.8. The molecule has 0 radical (unpaired) electrons. The van der Waals surface area contributed by atoms with Crippen LogP contribution < -0.4 is 26.0 Å². The molecular weight excluding hydrogens is 1050 g/mol. The second-order valence-corrected chi connectivity index (χ2v) is 20.8. The van der Waals surface area contributed by atoms with Crippen LogP contribution in [0.2, 0.25) is 0 Å². The number of benzene rings is 3. The van der Waals surface area contributed by atoms with Crippen LogP contribution in [0.15, 0.2) is 96.9 Å². The van der Waals surface area contributed by atoms with Crippen molar-refractivity contribution in [2.24, 2.45) is 12.5 Å². The van der Waals surface area contributed by atoms with Gasteiger partial charge in [-0.1, -0.05) is 63.2 Å². The van der Waals surface area contributed by atoms with Gasteiger partial charge in [0.15, 0.2) is 11.6 Å². The number of likely N-dealkylation sites (tertiary alicyclic amines) is 1. The van der Waals surface area contributed by atoms with Gasteiger partial charge in [0.25, 0.3) is 5.91 Å². The topological polar surface area (TPSA) is 265 Å². The number of aryl methyl sites for hydroxylation is 1. The van der Waals surface area contributed by atoms with E-state index in [1.165, 1.54) is 11.2 Å². The molecule has 7 rings (SSSR count). The maximum atomic E-state index is 14.0. The van der Waals surface area contributed by atoms with Crippen LogP contribution in [0.1, 0.15) is 66.6 Å². The van der Waals surface area contributed by atoms with Crippen LogP contribution >= 0.6 is 11.3 Å². The zero-order chi connectivity index (χ0) is 56.7. The number of aromatic nitrogens is 6. The van der Waals surface area contributed by atoms with E-state index in [0.29, 0.717) is 101 Å². The monoisotopic (exact) mass is 1120 g/mol. The van der Waals surface area contributed by atoms with Crippen molar-refractivity contribution in [3.63, 3.8) is 0 Å². The van der Waals surface area contributed by atoms with E-state index in [1.54, 1.807) is 35.7 Å². The standard InChI is InChI=1S/C57H73N11O11S/c1-39-51(80-38-63-39)42-14-12-40(13-15-42)33-61-55(72)48-32-45(69)36-68(48)56(73)52(57(2,3)4)64-50(70)17-19-74-20-21-75-22-23-76-24-25-77-26-27-78-28-29-79-46-11-6-8-41(30-46)34-60-54(71)43-9-7-10-44(31-43)59-35-49-65-66-53(67(49)5)47-16-18-58-37-62-47/h6-16,18,30-31,37-38,45,48,52,59,69H,17,19-29,32-36H2,1-5H3,(H,60,71)(H,61,72)(H,64,70)/t45-,48+,52-/m1/s1. The summed E-state index contributed by atoms with van der Waals surface area (Å²) in [6, 6.07) is 22.6. The van der Waals surface area contributed by atoms with Crippen LogP contribution in [-0.2, 0) is 64.7 Å². The first-order valence-electron chi connectivity index (χ1n) is 26.7. The van der Waals surface area contributed by atoms with Crippen molar-refractivity contribution in [2.45, 2.75) is 78.4 Å². The molecule has 4 heterocycles. The highest BCUT2D eigenvalue weighted by molar-refractivity contribution is 7.13. The Kier molecular flexibility index (Phi) is 23.4. The predicted molar refractivity (Wildman–Crippen MR) is 299 cm³/mol. The van der Waals surface area contributed by atoms with Crippen molar-refractivity contribution in [1.29, 1.82) is 0 Å². The van der Waals surface area contributed by atoms with Gasteiger partial charge in [-0.05, 0) is 65.4 Å². The summed E-state index contributed by atoms with van der Waals surface area (Å²) in [5.74, 6) is 0.641. The maximum absolute atomic E-state index is 14.0. The number of carbonyl (C=O) groups excluding carboxylic acids is 4. The number of hydrogen-bond donors (Lipinski definition) is 5. The molecule has 0 unspecified atom stereocenters. The van der Waals surface area contributed by atoms with Gasteiger partial charge in [0.1, 0.15) is 36.5 Å². The summed E-state index contributed by atoms with van der Waals surface area (Å²) in [6.45, 7) is 12.2. The number of aliphatic hydroxyl groups excluding tert-OH is 1. The normalized spacial score (nSPS) is 14.7. The molecule has 0 saturated carbocycles.